The Morgan fingerprint density at radius 2 is 1.70 bits per heavy atom. The van der Waals surface area contributed by atoms with Crippen LogP contribution in [0.2, 0.25) is 0 Å². The molecule has 4 nitrogen and oxygen atoms in total. The molecule has 20 heavy (non-hydrogen) atoms. The van der Waals surface area contributed by atoms with Gasteiger partial charge in [-0.1, -0.05) is 24.3 Å². The fraction of sp³-hybridized carbons (Fsp3) is 0.125. The van der Waals surface area contributed by atoms with E-state index in [1.165, 1.54) is 5.56 Å². The van der Waals surface area contributed by atoms with E-state index in [0.717, 1.165) is 29.1 Å². The highest BCUT2D eigenvalue weighted by Crippen LogP contribution is 2.16. The average molecular weight is 264 g/mol. The second-order valence-electron chi connectivity index (χ2n) is 4.81. The van der Waals surface area contributed by atoms with E-state index in [4.69, 9.17) is 5.73 Å². The van der Waals surface area contributed by atoms with Crippen molar-refractivity contribution in [2.75, 3.05) is 17.7 Å². The molecule has 0 aliphatic rings. The first kappa shape index (κ1) is 12.4. The molecule has 2 N–H and O–H groups in total. The van der Waals surface area contributed by atoms with E-state index < -0.39 is 0 Å². The van der Waals surface area contributed by atoms with Gasteiger partial charge in [0.2, 0.25) is 0 Å². The summed E-state index contributed by atoms with van der Waals surface area (Å²) in [7, 11) is 2.01. The smallest absolute Gasteiger partial charge is 0.147 e. The molecule has 0 fully saturated rings. The Labute approximate surface area is 117 Å². The Bertz CT molecular complexity index is 722. The molecule has 0 spiro atoms. The van der Waals surface area contributed by atoms with Crippen LogP contribution in [0.4, 0.5) is 11.5 Å². The Kier molecular flexibility index (Phi) is 3.21. The van der Waals surface area contributed by atoms with E-state index in [-0.39, 0.29) is 0 Å². The maximum Gasteiger partial charge on any atom is 0.147 e. The SMILES string of the molecule is CN(Cc1ccc(N)cc1)c1cnc2ccccc2n1. The highest BCUT2D eigenvalue weighted by Gasteiger charge is 2.05. The van der Waals surface area contributed by atoms with Crippen molar-refractivity contribution in [3.05, 3.63) is 60.3 Å². The molecule has 0 aliphatic carbocycles. The van der Waals surface area contributed by atoms with Crippen molar-refractivity contribution >= 4 is 22.5 Å². The monoisotopic (exact) mass is 264 g/mol. The lowest BCUT2D eigenvalue weighted by Crippen LogP contribution is -2.17. The van der Waals surface area contributed by atoms with Gasteiger partial charge in [-0.3, -0.25) is 4.98 Å². The maximum absolute atomic E-state index is 5.69. The molecule has 0 aliphatic heterocycles. The molecule has 3 rings (SSSR count). The topological polar surface area (TPSA) is 55.0 Å². The number of nitrogen functional groups attached to an aromatic ring is 1. The maximum atomic E-state index is 5.69. The molecule has 4 heteroatoms. The summed E-state index contributed by atoms with van der Waals surface area (Å²) in [6, 6.07) is 15.8. The number of anilines is 2. The van der Waals surface area contributed by atoms with Gasteiger partial charge >= 0.3 is 0 Å². The van der Waals surface area contributed by atoms with Crippen LogP contribution in [0.3, 0.4) is 0 Å². The Morgan fingerprint density at radius 3 is 2.45 bits per heavy atom. The zero-order chi connectivity index (χ0) is 13.9. The first-order valence-electron chi connectivity index (χ1n) is 6.50. The van der Waals surface area contributed by atoms with Crippen molar-refractivity contribution in [3.63, 3.8) is 0 Å². The number of para-hydroxylation sites is 2. The highest BCUT2D eigenvalue weighted by molar-refractivity contribution is 5.75. The average Bonchev–Trinajstić information content (AvgIpc) is 2.49. The van der Waals surface area contributed by atoms with Gasteiger partial charge in [0.05, 0.1) is 17.2 Å². The van der Waals surface area contributed by atoms with Gasteiger partial charge in [-0.2, -0.15) is 0 Å². The van der Waals surface area contributed by atoms with E-state index in [9.17, 15) is 0 Å². The third-order valence-electron chi connectivity index (χ3n) is 3.23. The molecule has 100 valence electrons. The van der Waals surface area contributed by atoms with Crippen LogP contribution >= 0.6 is 0 Å². The van der Waals surface area contributed by atoms with Gasteiger partial charge in [0.1, 0.15) is 5.82 Å². The summed E-state index contributed by atoms with van der Waals surface area (Å²) in [5, 5.41) is 0. The highest BCUT2D eigenvalue weighted by atomic mass is 15.2. The molecule has 0 amide bonds. The largest absolute Gasteiger partial charge is 0.399 e. The molecule has 0 saturated carbocycles. The lowest BCUT2D eigenvalue weighted by atomic mass is 10.2. The number of nitrogens with zero attached hydrogens (tertiary/aromatic N) is 3. The second-order valence-corrected chi connectivity index (χ2v) is 4.81. The van der Waals surface area contributed by atoms with Crippen LogP contribution in [-0.2, 0) is 6.54 Å². The summed E-state index contributed by atoms with van der Waals surface area (Å²) >= 11 is 0. The molecule has 0 bridgehead atoms. The van der Waals surface area contributed by atoms with Crippen molar-refractivity contribution in [2.45, 2.75) is 6.54 Å². The second kappa shape index (κ2) is 5.17. The minimum absolute atomic E-state index is 0.771. The van der Waals surface area contributed by atoms with Crippen molar-refractivity contribution in [1.29, 1.82) is 0 Å². The van der Waals surface area contributed by atoms with Crippen LogP contribution in [0, 0.1) is 0 Å². The molecule has 0 atom stereocenters. The number of hydrogen-bond donors (Lipinski definition) is 1. The predicted octanol–water partition coefficient (Wildman–Crippen LogP) is 2.85. The van der Waals surface area contributed by atoms with Gasteiger partial charge in [-0.05, 0) is 29.8 Å². The fourth-order valence-corrected chi connectivity index (χ4v) is 2.11. The Hall–Kier alpha value is -2.62. The van der Waals surface area contributed by atoms with Crippen LogP contribution in [-0.4, -0.2) is 17.0 Å². The van der Waals surface area contributed by atoms with E-state index in [1.807, 2.05) is 55.6 Å². The Balaban J connectivity index is 1.84. The van der Waals surface area contributed by atoms with Gasteiger partial charge in [0.15, 0.2) is 0 Å². The molecular formula is C16H16N4. The lowest BCUT2D eigenvalue weighted by Gasteiger charge is -2.18. The van der Waals surface area contributed by atoms with Gasteiger partial charge in [-0.15, -0.1) is 0 Å². The first-order chi connectivity index (χ1) is 9.72. The summed E-state index contributed by atoms with van der Waals surface area (Å²) in [6.45, 7) is 0.771. The van der Waals surface area contributed by atoms with Crippen LogP contribution in [0.5, 0.6) is 0 Å². The summed E-state index contributed by atoms with van der Waals surface area (Å²) in [6.07, 6.45) is 1.81. The lowest BCUT2D eigenvalue weighted by molar-refractivity contribution is 0.897. The third kappa shape index (κ3) is 2.54. The van der Waals surface area contributed by atoms with Crippen molar-refractivity contribution in [2.24, 2.45) is 0 Å². The quantitative estimate of drug-likeness (QED) is 0.739. The number of fused-ring (bicyclic) bond motifs is 1. The molecule has 0 saturated heterocycles. The summed E-state index contributed by atoms with van der Waals surface area (Å²) in [4.78, 5) is 11.1. The molecule has 2 aromatic carbocycles. The molecular weight excluding hydrogens is 248 g/mol. The fourth-order valence-electron chi connectivity index (χ4n) is 2.11. The van der Waals surface area contributed by atoms with E-state index in [0.29, 0.717) is 0 Å². The van der Waals surface area contributed by atoms with Crippen molar-refractivity contribution in [3.8, 4) is 0 Å². The zero-order valence-corrected chi connectivity index (χ0v) is 11.3. The molecule has 0 unspecified atom stereocenters. The zero-order valence-electron chi connectivity index (χ0n) is 11.3. The summed E-state index contributed by atoms with van der Waals surface area (Å²) in [5.41, 5.74) is 9.49. The van der Waals surface area contributed by atoms with E-state index in [1.54, 1.807) is 6.20 Å². The number of benzene rings is 2. The van der Waals surface area contributed by atoms with Crippen molar-refractivity contribution < 1.29 is 0 Å². The van der Waals surface area contributed by atoms with E-state index >= 15 is 0 Å². The number of rotatable bonds is 3. The first-order valence-corrected chi connectivity index (χ1v) is 6.50. The Morgan fingerprint density at radius 1 is 1.00 bits per heavy atom. The number of nitrogens with two attached hydrogens (primary N) is 1. The van der Waals surface area contributed by atoms with Gasteiger partial charge < -0.3 is 10.6 Å². The minimum Gasteiger partial charge on any atom is -0.399 e. The van der Waals surface area contributed by atoms with E-state index in [2.05, 4.69) is 14.9 Å². The van der Waals surface area contributed by atoms with Crippen LogP contribution < -0.4 is 10.6 Å². The normalized spacial score (nSPS) is 10.7. The third-order valence-corrected chi connectivity index (χ3v) is 3.23. The van der Waals surface area contributed by atoms with Crippen molar-refractivity contribution in [1.82, 2.24) is 9.97 Å². The van der Waals surface area contributed by atoms with Gasteiger partial charge in [0.25, 0.3) is 0 Å². The molecule has 0 radical (unpaired) electrons. The van der Waals surface area contributed by atoms with Crippen LogP contribution in [0.1, 0.15) is 5.56 Å². The number of aromatic nitrogens is 2. The van der Waals surface area contributed by atoms with Crippen LogP contribution in [0.25, 0.3) is 11.0 Å². The van der Waals surface area contributed by atoms with Gasteiger partial charge in [0, 0.05) is 19.3 Å². The molecule has 3 aromatic rings. The molecule has 1 heterocycles. The predicted molar refractivity (Wildman–Crippen MR) is 82.5 cm³/mol. The van der Waals surface area contributed by atoms with Crippen LogP contribution in [0.15, 0.2) is 54.7 Å². The standard InChI is InChI=1S/C16H16N4/c1-20(11-12-6-8-13(17)9-7-12)16-10-18-14-4-2-3-5-15(14)19-16/h2-10H,11,17H2,1H3. The summed E-state index contributed by atoms with van der Waals surface area (Å²) in [5.74, 6) is 0.862. The minimum atomic E-state index is 0.771. The van der Waals surface area contributed by atoms with Gasteiger partial charge in [-0.25, -0.2) is 4.98 Å². The number of hydrogen-bond acceptors (Lipinski definition) is 4. The molecule has 1 aromatic heterocycles. The summed E-state index contributed by atoms with van der Waals surface area (Å²) < 4.78 is 0.